The summed E-state index contributed by atoms with van der Waals surface area (Å²) in [6.45, 7) is 2.63. The first kappa shape index (κ1) is 22.5. The van der Waals surface area contributed by atoms with Gasteiger partial charge in [-0.3, -0.25) is 9.98 Å². The maximum absolute atomic E-state index is 6.17. The Hall–Kier alpha value is -1.74. The van der Waals surface area contributed by atoms with Crippen molar-refractivity contribution in [3.05, 3.63) is 53.3 Å². The summed E-state index contributed by atoms with van der Waals surface area (Å²) in [6, 6.07) is 10.1. The Morgan fingerprint density at radius 2 is 2.25 bits per heavy atom. The number of methoxy groups -OCH3 is 1. The van der Waals surface area contributed by atoms with Gasteiger partial charge in [-0.05, 0) is 42.7 Å². The highest BCUT2D eigenvalue weighted by Crippen LogP contribution is 2.33. The number of aliphatic imine (C=N–C) groups is 1. The van der Waals surface area contributed by atoms with Gasteiger partial charge in [0.2, 0.25) is 0 Å². The Labute approximate surface area is 188 Å². The summed E-state index contributed by atoms with van der Waals surface area (Å²) in [6.07, 6.45) is 5.62. The van der Waals surface area contributed by atoms with Crippen LogP contribution in [0.5, 0.6) is 5.75 Å². The summed E-state index contributed by atoms with van der Waals surface area (Å²) >= 11 is 6.17. The molecule has 3 rings (SSSR count). The van der Waals surface area contributed by atoms with Crippen LogP contribution in [0.2, 0.25) is 5.02 Å². The number of rotatable bonds is 6. The maximum Gasteiger partial charge on any atom is 0.191 e. The van der Waals surface area contributed by atoms with Crippen LogP contribution in [0.1, 0.15) is 12.0 Å². The molecule has 0 saturated carbocycles. The molecule has 152 valence electrons. The molecule has 6 nitrogen and oxygen atoms in total. The number of anilines is 1. The number of nitrogens with one attached hydrogen (secondary N) is 2. The van der Waals surface area contributed by atoms with Crippen LogP contribution in [-0.4, -0.2) is 50.8 Å². The van der Waals surface area contributed by atoms with Gasteiger partial charge in [-0.1, -0.05) is 17.7 Å². The normalized spacial score (nSPS) is 16.5. The summed E-state index contributed by atoms with van der Waals surface area (Å²) in [5.41, 5.74) is 2.24. The summed E-state index contributed by atoms with van der Waals surface area (Å²) in [7, 11) is 3.48. The third-order valence-corrected chi connectivity index (χ3v) is 4.90. The molecule has 0 spiro atoms. The van der Waals surface area contributed by atoms with E-state index in [0.29, 0.717) is 6.04 Å². The van der Waals surface area contributed by atoms with Gasteiger partial charge in [-0.25, -0.2) is 0 Å². The minimum atomic E-state index is 0. The molecular weight excluding hydrogens is 489 g/mol. The minimum absolute atomic E-state index is 0. The Morgan fingerprint density at radius 3 is 2.96 bits per heavy atom. The predicted octanol–water partition coefficient (Wildman–Crippen LogP) is 3.35. The lowest BCUT2D eigenvalue weighted by Gasteiger charge is -2.22. The zero-order valence-electron chi connectivity index (χ0n) is 16.2. The van der Waals surface area contributed by atoms with Crippen molar-refractivity contribution < 1.29 is 4.74 Å². The first-order valence-corrected chi connectivity index (χ1v) is 9.52. The van der Waals surface area contributed by atoms with Crippen LogP contribution in [0.3, 0.4) is 0 Å². The molecule has 1 aliphatic rings. The Bertz CT molecular complexity index is 774. The number of hydrogen-bond acceptors (Lipinski definition) is 4. The average Bonchev–Trinajstić information content (AvgIpc) is 3.16. The minimum Gasteiger partial charge on any atom is -0.495 e. The van der Waals surface area contributed by atoms with E-state index >= 15 is 0 Å². The molecule has 2 heterocycles. The van der Waals surface area contributed by atoms with Crippen molar-refractivity contribution in [3.8, 4) is 5.75 Å². The molecule has 1 atom stereocenters. The van der Waals surface area contributed by atoms with E-state index < -0.39 is 0 Å². The second-order valence-corrected chi connectivity index (χ2v) is 6.94. The molecule has 1 aliphatic heterocycles. The van der Waals surface area contributed by atoms with Crippen molar-refractivity contribution in [1.82, 2.24) is 15.6 Å². The molecule has 1 unspecified atom stereocenters. The van der Waals surface area contributed by atoms with Crippen LogP contribution < -0.4 is 20.3 Å². The zero-order chi connectivity index (χ0) is 19.1. The molecule has 2 N–H and O–H groups in total. The van der Waals surface area contributed by atoms with Crippen LogP contribution in [0.15, 0.2) is 47.7 Å². The van der Waals surface area contributed by atoms with Crippen LogP contribution in [-0.2, 0) is 6.42 Å². The molecule has 0 radical (unpaired) electrons. The van der Waals surface area contributed by atoms with Gasteiger partial charge >= 0.3 is 0 Å². The average molecular weight is 516 g/mol. The first-order valence-electron chi connectivity index (χ1n) is 9.14. The molecule has 2 aromatic rings. The standard InChI is InChI=1S/C20H26ClN5O.HI/c1-22-20(24-10-7-15-4-3-9-23-13-15)25-17-8-11-26(14-17)18-12-16(21)5-6-19(18)27-2;/h3-6,9,12-13,17H,7-8,10-11,14H2,1-2H3,(H2,22,24,25);1H. The van der Waals surface area contributed by atoms with Crippen molar-refractivity contribution in [2.24, 2.45) is 4.99 Å². The molecule has 8 heteroatoms. The van der Waals surface area contributed by atoms with E-state index in [-0.39, 0.29) is 24.0 Å². The molecular formula is C20H27ClIN5O. The van der Waals surface area contributed by atoms with Crippen LogP contribution in [0.25, 0.3) is 0 Å². The van der Waals surface area contributed by atoms with E-state index in [1.165, 1.54) is 5.56 Å². The fourth-order valence-corrected chi connectivity index (χ4v) is 3.43. The van der Waals surface area contributed by atoms with Crippen molar-refractivity contribution in [1.29, 1.82) is 0 Å². The number of ether oxygens (including phenoxy) is 1. The zero-order valence-corrected chi connectivity index (χ0v) is 19.3. The molecule has 28 heavy (non-hydrogen) atoms. The summed E-state index contributed by atoms with van der Waals surface area (Å²) in [4.78, 5) is 10.8. The smallest absolute Gasteiger partial charge is 0.191 e. The van der Waals surface area contributed by atoms with Gasteiger partial charge in [0.1, 0.15) is 5.75 Å². The predicted molar refractivity (Wildman–Crippen MR) is 126 cm³/mol. The molecule has 1 aromatic carbocycles. The van der Waals surface area contributed by atoms with Crippen molar-refractivity contribution in [2.45, 2.75) is 18.9 Å². The third-order valence-electron chi connectivity index (χ3n) is 4.66. The fraction of sp³-hybridized carbons (Fsp3) is 0.400. The van der Waals surface area contributed by atoms with Gasteiger partial charge in [0.25, 0.3) is 0 Å². The number of hydrogen-bond donors (Lipinski definition) is 2. The SMILES string of the molecule is CN=C(NCCc1cccnc1)NC1CCN(c2cc(Cl)ccc2OC)C1.I. The lowest BCUT2D eigenvalue weighted by Crippen LogP contribution is -2.45. The lowest BCUT2D eigenvalue weighted by molar-refractivity contribution is 0.415. The van der Waals surface area contributed by atoms with E-state index in [9.17, 15) is 0 Å². The van der Waals surface area contributed by atoms with E-state index in [0.717, 1.165) is 54.9 Å². The van der Waals surface area contributed by atoms with Crippen LogP contribution >= 0.6 is 35.6 Å². The van der Waals surface area contributed by atoms with E-state index in [1.807, 2.05) is 30.5 Å². The van der Waals surface area contributed by atoms with Gasteiger partial charge in [-0.2, -0.15) is 0 Å². The highest BCUT2D eigenvalue weighted by atomic mass is 127. The van der Waals surface area contributed by atoms with Gasteiger partial charge in [0, 0.05) is 50.1 Å². The van der Waals surface area contributed by atoms with E-state index in [1.54, 1.807) is 20.4 Å². The van der Waals surface area contributed by atoms with Crippen molar-refractivity contribution in [2.75, 3.05) is 38.7 Å². The number of nitrogens with zero attached hydrogens (tertiary/aromatic N) is 3. The molecule has 1 aromatic heterocycles. The van der Waals surface area contributed by atoms with Gasteiger partial charge in [0.15, 0.2) is 5.96 Å². The largest absolute Gasteiger partial charge is 0.495 e. The highest BCUT2D eigenvalue weighted by Gasteiger charge is 2.25. The highest BCUT2D eigenvalue weighted by molar-refractivity contribution is 14.0. The van der Waals surface area contributed by atoms with Gasteiger partial charge in [0.05, 0.1) is 12.8 Å². The second kappa shape index (κ2) is 11.3. The molecule has 0 aliphatic carbocycles. The van der Waals surface area contributed by atoms with Gasteiger partial charge < -0.3 is 20.3 Å². The Morgan fingerprint density at radius 1 is 1.39 bits per heavy atom. The van der Waals surface area contributed by atoms with Crippen LogP contribution in [0.4, 0.5) is 5.69 Å². The number of aromatic nitrogens is 1. The van der Waals surface area contributed by atoms with Gasteiger partial charge in [-0.15, -0.1) is 24.0 Å². The Kier molecular flexibility index (Phi) is 9.11. The topological polar surface area (TPSA) is 61.8 Å². The quantitative estimate of drug-likeness (QED) is 0.351. The van der Waals surface area contributed by atoms with Crippen LogP contribution in [0, 0.1) is 0 Å². The van der Waals surface area contributed by atoms with E-state index in [4.69, 9.17) is 16.3 Å². The monoisotopic (exact) mass is 515 g/mol. The first-order chi connectivity index (χ1) is 13.2. The Balaban J connectivity index is 0.00000280. The van der Waals surface area contributed by atoms with Crippen molar-refractivity contribution >= 4 is 47.2 Å². The second-order valence-electron chi connectivity index (χ2n) is 6.50. The summed E-state index contributed by atoms with van der Waals surface area (Å²) in [5.74, 6) is 1.67. The van der Waals surface area contributed by atoms with Crippen molar-refractivity contribution in [3.63, 3.8) is 0 Å². The third kappa shape index (κ3) is 6.13. The number of guanidine groups is 1. The van der Waals surface area contributed by atoms with E-state index in [2.05, 4.69) is 31.6 Å². The maximum atomic E-state index is 6.17. The molecule has 1 saturated heterocycles. The summed E-state index contributed by atoms with van der Waals surface area (Å²) < 4.78 is 5.48. The number of benzene rings is 1. The fourth-order valence-electron chi connectivity index (χ4n) is 3.27. The number of pyridine rings is 1. The lowest BCUT2D eigenvalue weighted by atomic mass is 10.2. The molecule has 1 fully saturated rings. The number of halogens is 2. The molecule has 0 amide bonds. The molecule has 0 bridgehead atoms. The summed E-state index contributed by atoms with van der Waals surface area (Å²) in [5, 5.41) is 7.61.